The topological polar surface area (TPSA) is 59.0 Å². The van der Waals surface area contributed by atoms with Crippen molar-refractivity contribution < 1.29 is 14.3 Å². The Labute approximate surface area is 152 Å². The highest BCUT2D eigenvalue weighted by Crippen LogP contribution is 2.62. The number of benzene rings is 1. The molecule has 3 saturated heterocycles. The van der Waals surface area contributed by atoms with Crippen LogP contribution in [0.15, 0.2) is 40.9 Å². The number of ether oxygens (including phenoxy) is 1. The van der Waals surface area contributed by atoms with Gasteiger partial charge in [-0.25, -0.2) is 0 Å². The number of nitrogens with zero attached hydrogens (tertiary/aromatic N) is 2. The van der Waals surface area contributed by atoms with Crippen molar-refractivity contribution in [3.63, 3.8) is 0 Å². The number of piperidine rings is 3. The van der Waals surface area contributed by atoms with E-state index in [1.165, 1.54) is 12.7 Å². The minimum Gasteiger partial charge on any atom is -0.468 e. The van der Waals surface area contributed by atoms with Crippen molar-refractivity contribution in [1.82, 2.24) is 4.90 Å². The van der Waals surface area contributed by atoms with E-state index in [-0.39, 0.29) is 23.7 Å². The summed E-state index contributed by atoms with van der Waals surface area (Å²) in [6.45, 7) is 3.76. The van der Waals surface area contributed by atoms with Gasteiger partial charge in [0.05, 0.1) is 18.2 Å². The van der Waals surface area contributed by atoms with Gasteiger partial charge in [0.15, 0.2) is 5.78 Å². The number of aliphatic imine (C=N–C) groups is 1. The van der Waals surface area contributed by atoms with Crippen LogP contribution >= 0.6 is 0 Å². The number of hydrogen-bond acceptors (Lipinski definition) is 5. The summed E-state index contributed by atoms with van der Waals surface area (Å²) in [4.78, 5) is 34.0. The fourth-order valence-corrected chi connectivity index (χ4v) is 5.97. The number of ketones is 1. The van der Waals surface area contributed by atoms with Gasteiger partial charge in [-0.3, -0.25) is 19.5 Å². The van der Waals surface area contributed by atoms with Gasteiger partial charge in [-0.2, -0.15) is 0 Å². The molecule has 1 spiro atoms. The van der Waals surface area contributed by atoms with Crippen molar-refractivity contribution in [2.75, 3.05) is 20.2 Å². The van der Waals surface area contributed by atoms with E-state index in [9.17, 15) is 9.59 Å². The van der Waals surface area contributed by atoms with Gasteiger partial charge >= 0.3 is 5.97 Å². The predicted octanol–water partition coefficient (Wildman–Crippen LogP) is 2.42. The van der Waals surface area contributed by atoms with Crippen LogP contribution < -0.4 is 0 Å². The number of para-hydroxylation sites is 1. The molecule has 1 aromatic carbocycles. The molecule has 0 N–H and O–H groups in total. The summed E-state index contributed by atoms with van der Waals surface area (Å²) >= 11 is 0. The standard InChI is InChI=1S/C21H22N2O3/c1-3-13-11-23-9-8-14(13)21(19(25)26-2)17(23)10-20(18(21)24)12-22-16-7-5-4-6-15(16)20/h3-7,12,14,17H,8-11H2,1-2H3/t14-,17-,20-,21+/m1/s1. The molecular weight excluding hydrogens is 328 g/mol. The van der Waals surface area contributed by atoms with E-state index in [0.717, 1.165) is 30.8 Å². The third-order valence-electron chi connectivity index (χ3n) is 7.05. The number of carbonyl (C=O) groups excluding carboxylic acids is 2. The van der Waals surface area contributed by atoms with E-state index in [1.54, 1.807) is 6.21 Å². The SMILES string of the molecule is CC=C1CN2CC[C@H]1[C@@]1(C(=O)OC)C(=O)[C@@]3(C=Nc4ccccc43)C[C@@H]21. The molecule has 26 heavy (non-hydrogen) atoms. The third-order valence-corrected chi connectivity index (χ3v) is 7.05. The molecule has 4 aliphatic heterocycles. The Hall–Kier alpha value is -2.27. The van der Waals surface area contributed by atoms with Gasteiger partial charge in [-0.1, -0.05) is 29.8 Å². The number of esters is 1. The first-order valence-electron chi connectivity index (χ1n) is 9.26. The number of rotatable bonds is 1. The second-order valence-corrected chi connectivity index (χ2v) is 7.83. The van der Waals surface area contributed by atoms with Crippen molar-refractivity contribution in [2.24, 2.45) is 16.3 Å². The molecule has 1 unspecified atom stereocenters. The molecule has 6 rings (SSSR count). The van der Waals surface area contributed by atoms with Crippen molar-refractivity contribution in [2.45, 2.75) is 31.2 Å². The highest BCUT2D eigenvalue weighted by molar-refractivity contribution is 6.21. The van der Waals surface area contributed by atoms with Crippen LogP contribution in [0.4, 0.5) is 5.69 Å². The Morgan fingerprint density at radius 3 is 2.96 bits per heavy atom. The largest absolute Gasteiger partial charge is 0.468 e. The summed E-state index contributed by atoms with van der Waals surface area (Å²) in [7, 11) is 1.40. The van der Waals surface area contributed by atoms with Crippen LogP contribution in [0.2, 0.25) is 0 Å². The smallest absolute Gasteiger partial charge is 0.321 e. The van der Waals surface area contributed by atoms with Gasteiger partial charge < -0.3 is 4.74 Å². The van der Waals surface area contributed by atoms with E-state index < -0.39 is 10.8 Å². The van der Waals surface area contributed by atoms with Crippen molar-refractivity contribution in [1.29, 1.82) is 0 Å². The number of methoxy groups -OCH3 is 1. The Balaban J connectivity index is 1.75. The van der Waals surface area contributed by atoms with Crippen LogP contribution in [0.1, 0.15) is 25.3 Å². The maximum Gasteiger partial charge on any atom is 0.321 e. The Morgan fingerprint density at radius 1 is 1.38 bits per heavy atom. The van der Waals surface area contributed by atoms with E-state index in [0.29, 0.717) is 6.42 Å². The lowest BCUT2D eigenvalue weighted by Gasteiger charge is -2.54. The summed E-state index contributed by atoms with van der Waals surface area (Å²) in [6.07, 6.45) is 5.30. The van der Waals surface area contributed by atoms with Crippen LogP contribution in [0.3, 0.4) is 0 Å². The minimum absolute atomic E-state index is 0.0238. The lowest BCUT2D eigenvalue weighted by molar-refractivity contribution is -0.170. The summed E-state index contributed by atoms with van der Waals surface area (Å²) in [6, 6.07) is 7.68. The zero-order valence-electron chi connectivity index (χ0n) is 15.1. The average molecular weight is 350 g/mol. The average Bonchev–Trinajstić information content (AvgIpc) is 3.20. The molecule has 1 saturated carbocycles. The number of allylic oxidation sites excluding steroid dienone is 1. The van der Waals surface area contributed by atoms with Crippen LogP contribution in [-0.2, 0) is 19.7 Å². The van der Waals surface area contributed by atoms with Gasteiger partial charge in [0.1, 0.15) is 5.41 Å². The molecule has 5 aliphatic rings. The molecule has 4 fully saturated rings. The molecule has 5 atom stereocenters. The lowest BCUT2D eigenvalue weighted by atomic mass is 9.59. The summed E-state index contributed by atoms with van der Waals surface area (Å²) < 4.78 is 5.24. The molecule has 134 valence electrons. The normalized spacial score (nSPS) is 40.9. The first-order valence-corrected chi connectivity index (χ1v) is 9.26. The molecule has 4 heterocycles. The predicted molar refractivity (Wildman–Crippen MR) is 97.6 cm³/mol. The number of Topliss-reactive ketones (excluding diaryl/α,β-unsaturated/α-hetero) is 1. The molecule has 5 heteroatoms. The third kappa shape index (κ3) is 1.59. The van der Waals surface area contributed by atoms with E-state index in [1.807, 2.05) is 31.2 Å². The monoisotopic (exact) mass is 350 g/mol. The maximum atomic E-state index is 14.1. The molecule has 0 amide bonds. The van der Waals surface area contributed by atoms with E-state index >= 15 is 0 Å². The molecule has 0 aromatic heterocycles. The van der Waals surface area contributed by atoms with Gasteiger partial charge in [0.2, 0.25) is 0 Å². The van der Waals surface area contributed by atoms with Gasteiger partial charge in [0.25, 0.3) is 0 Å². The number of hydrogen-bond donors (Lipinski definition) is 0. The van der Waals surface area contributed by atoms with Gasteiger partial charge in [-0.15, -0.1) is 0 Å². The molecule has 5 nitrogen and oxygen atoms in total. The highest BCUT2D eigenvalue weighted by Gasteiger charge is 2.74. The second kappa shape index (κ2) is 5.13. The summed E-state index contributed by atoms with van der Waals surface area (Å²) in [5.74, 6) is -0.469. The zero-order valence-corrected chi connectivity index (χ0v) is 15.1. The second-order valence-electron chi connectivity index (χ2n) is 7.83. The molecule has 0 radical (unpaired) electrons. The molecular formula is C21H22N2O3. The van der Waals surface area contributed by atoms with Crippen LogP contribution in [0.25, 0.3) is 0 Å². The quantitative estimate of drug-likeness (QED) is 0.443. The fourth-order valence-electron chi connectivity index (χ4n) is 5.97. The Bertz CT molecular complexity index is 889. The van der Waals surface area contributed by atoms with Crippen molar-refractivity contribution in [3.8, 4) is 0 Å². The molecule has 1 aliphatic carbocycles. The molecule has 1 aromatic rings. The van der Waals surface area contributed by atoms with E-state index in [4.69, 9.17) is 4.74 Å². The lowest BCUT2D eigenvalue weighted by Crippen LogP contribution is -2.66. The van der Waals surface area contributed by atoms with E-state index in [2.05, 4.69) is 16.0 Å². The minimum atomic E-state index is -1.11. The maximum absolute atomic E-state index is 14.1. The summed E-state index contributed by atoms with van der Waals surface area (Å²) in [5.41, 5.74) is 1.04. The highest BCUT2D eigenvalue weighted by atomic mass is 16.5. The van der Waals surface area contributed by atoms with Crippen LogP contribution in [-0.4, -0.2) is 49.1 Å². The first-order chi connectivity index (χ1) is 12.6. The van der Waals surface area contributed by atoms with Crippen LogP contribution in [0.5, 0.6) is 0 Å². The Morgan fingerprint density at radius 2 is 2.19 bits per heavy atom. The zero-order chi connectivity index (χ0) is 18.1. The van der Waals surface area contributed by atoms with Gasteiger partial charge in [0, 0.05) is 24.7 Å². The number of carbonyl (C=O) groups is 2. The Kier molecular flexibility index (Phi) is 3.15. The van der Waals surface area contributed by atoms with Crippen LogP contribution in [0, 0.1) is 11.3 Å². The summed E-state index contributed by atoms with van der Waals surface area (Å²) in [5, 5.41) is 0. The fraction of sp³-hybridized carbons (Fsp3) is 0.476. The van der Waals surface area contributed by atoms with Crippen molar-refractivity contribution in [3.05, 3.63) is 41.5 Å². The van der Waals surface area contributed by atoms with Crippen molar-refractivity contribution >= 4 is 23.7 Å². The molecule has 2 bridgehead atoms. The number of fused-ring (bicyclic) bond motifs is 4. The van der Waals surface area contributed by atoms with Gasteiger partial charge in [-0.05, 0) is 37.9 Å². The first kappa shape index (κ1) is 15.9.